The number of aliphatic hydroxyl groups excluding tert-OH is 1. The standard InChI is InChI=1S/C30H34O8/c1-4-13-36-22-8-9-23-24(17-22)27(19(2)5-7-21(34-3)11-14-35-15-12-31)29(30(32)33)28(23)20-6-10-25-26(16-20)38-18-37-25/h5-11,16-17,27-29,31H,2,4,12-15,18H2,1,3H3,(H,32,33)/b7-5-,21-11+/t27-,28+,29+/m1/s1. The molecule has 0 fully saturated rings. The molecule has 0 spiro atoms. The first-order chi connectivity index (χ1) is 18.5. The fourth-order valence-electron chi connectivity index (χ4n) is 5.00. The molecule has 0 aromatic heterocycles. The number of aliphatic carboxylic acids is 1. The first kappa shape index (κ1) is 27.3. The van der Waals surface area contributed by atoms with Crippen molar-refractivity contribution in [1.82, 2.24) is 0 Å². The Balaban J connectivity index is 1.72. The highest BCUT2D eigenvalue weighted by molar-refractivity contribution is 5.78. The van der Waals surface area contributed by atoms with E-state index in [-0.39, 0.29) is 26.6 Å². The molecule has 1 aliphatic carbocycles. The average Bonchev–Trinajstić information content (AvgIpc) is 3.53. The molecule has 4 rings (SSSR count). The van der Waals surface area contributed by atoms with Gasteiger partial charge >= 0.3 is 5.97 Å². The molecule has 1 aliphatic heterocycles. The summed E-state index contributed by atoms with van der Waals surface area (Å²) in [6.45, 7) is 7.47. The largest absolute Gasteiger partial charge is 0.497 e. The molecule has 2 aliphatic rings. The second-order valence-corrected chi connectivity index (χ2v) is 9.09. The number of carboxylic acids is 1. The van der Waals surface area contributed by atoms with Crippen molar-refractivity contribution < 1.29 is 38.7 Å². The monoisotopic (exact) mass is 522 g/mol. The Morgan fingerprint density at radius 3 is 2.66 bits per heavy atom. The SMILES string of the molecule is C=C(/C=C\C(=C/COCCO)OC)[C@@H]1c2cc(OCCC)ccc2[C@H](c2ccc3c(c2)OCO3)[C@H]1C(=O)O. The Kier molecular flexibility index (Phi) is 9.10. The number of hydrogen-bond donors (Lipinski definition) is 2. The van der Waals surface area contributed by atoms with E-state index in [1.54, 1.807) is 25.3 Å². The van der Waals surface area contributed by atoms with Gasteiger partial charge in [-0.2, -0.15) is 0 Å². The van der Waals surface area contributed by atoms with Gasteiger partial charge in [0.2, 0.25) is 6.79 Å². The zero-order valence-corrected chi connectivity index (χ0v) is 21.7. The summed E-state index contributed by atoms with van der Waals surface area (Å²) in [5.41, 5.74) is 3.26. The summed E-state index contributed by atoms with van der Waals surface area (Å²) in [6, 6.07) is 11.4. The molecule has 0 saturated carbocycles. The summed E-state index contributed by atoms with van der Waals surface area (Å²) >= 11 is 0. The van der Waals surface area contributed by atoms with Crippen molar-refractivity contribution in [3.63, 3.8) is 0 Å². The van der Waals surface area contributed by atoms with Crippen molar-refractivity contribution in [2.45, 2.75) is 25.2 Å². The Morgan fingerprint density at radius 1 is 1.11 bits per heavy atom. The Hall–Kier alpha value is -3.75. The molecule has 0 unspecified atom stereocenters. The first-order valence-electron chi connectivity index (χ1n) is 12.7. The maximum Gasteiger partial charge on any atom is 0.308 e. The van der Waals surface area contributed by atoms with Crippen molar-refractivity contribution in [3.05, 3.63) is 89.2 Å². The summed E-state index contributed by atoms with van der Waals surface area (Å²) in [5.74, 6) is -0.140. The van der Waals surface area contributed by atoms with Gasteiger partial charge in [-0.05, 0) is 65.1 Å². The van der Waals surface area contributed by atoms with Crippen LogP contribution in [-0.4, -0.2) is 56.5 Å². The molecular weight excluding hydrogens is 488 g/mol. The Morgan fingerprint density at radius 2 is 1.92 bits per heavy atom. The van der Waals surface area contributed by atoms with Crippen molar-refractivity contribution in [2.75, 3.05) is 40.3 Å². The molecule has 202 valence electrons. The molecule has 2 N–H and O–H groups in total. The summed E-state index contributed by atoms with van der Waals surface area (Å²) in [5, 5.41) is 19.4. The maximum atomic E-state index is 12.8. The van der Waals surface area contributed by atoms with Crippen LogP contribution in [0.4, 0.5) is 0 Å². The minimum absolute atomic E-state index is 0.0606. The van der Waals surface area contributed by atoms with Gasteiger partial charge in [0.1, 0.15) is 11.5 Å². The quantitative estimate of drug-likeness (QED) is 0.220. The van der Waals surface area contributed by atoms with Crippen LogP contribution in [0.25, 0.3) is 0 Å². The molecule has 1 heterocycles. The number of allylic oxidation sites excluding steroid dienone is 3. The zero-order valence-electron chi connectivity index (χ0n) is 21.7. The minimum Gasteiger partial charge on any atom is -0.497 e. The van der Waals surface area contributed by atoms with Crippen LogP contribution in [0.5, 0.6) is 17.2 Å². The highest BCUT2D eigenvalue weighted by Gasteiger charge is 2.47. The summed E-state index contributed by atoms with van der Waals surface area (Å²) in [7, 11) is 1.54. The molecule has 2 aromatic rings. The van der Waals surface area contributed by atoms with Crippen LogP contribution in [-0.2, 0) is 14.3 Å². The molecule has 0 amide bonds. The van der Waals surface area contributed by atoms with E-state index in [4.69, 9.17) is 28.8 Å². The van der Waals surface area contributed by atoms with E-state index in [1.165, 1.54) is 0 Å². The second kappa shape index (κ2) is 12.7. The van der Waals surface area contributed by atoms with Gasteiger partial charge in [0, 0.05) is 11.8 Å². The van der Waals surface area contributed by atoms with Gasteiger partial charge in [-0.1, -0.05) is 31.7 Å². The van der Waals surface area contributed by atoms with Gasteiger partial charge in [-0.15, -0.1) is 0 Å². The highest BCUT2D eigenvalue weighted by Crippen LogP contribution is 2.54. The van der Waals surface area contributed by atoms with Crippen molar-refractivity contribution in [2.24, 2.45) is 5.92 Å². The number of benzene rings is 2. The lowest BCUT2D eigenvalue weighted by Crippen LogP contribution is -2.24. The number of carbonyl (C=O) groups is 1. The molecular formula is C30H34O8. The summed E-state index contributed by atoms with van der Waals surface area (Å²) < 4.78 is 27.6. The maximum absolute atomic E-state index is 12.8. The lowest BCUT2D eigenvalue weighted by Gasteiger charge is -2.23. The van der Waals surface area contributed by atoms with Crippen molar-refractivity contribution in [3.8, 4) is 17.2 Å². The number of fused-ring (bicyclic) bond motifs is 2. The number of methoxy groups -OCH3 is 1. The van der Waals surface area contributed by atoms with E-state index in [9.17, 15) is 9.90 Å². The number of aliphatic hydroxyl groups is 1. The van der Waals surface area contributed by atoms with Crippen molar-refractivity contribution in [1.29, 1.82) is 0 Å². The van der Waals surface area contributed by atoms with Gasteiger partial charge < -0.3 is 33.9 Å². The molecule has 3 atom stereocenters. The third-order valence-corrected chi connectivity index (χ3v) is 6.70. The van der Waals surface area contributed by atoms with E-state index in [1.807, 2.05) is 43.3 Å². The van der Waals surface area contributed by atoms with Crippen LogP contribution in [0.1, 0.15) is 41.9 Å². The van der Waals surface area contributed by atoms with E-state index < -0.39 is 23.7 Å². The van der Waals surface area contributed by atoms with Crippen molar-refractivity contribution >= 4 is 5.97 Å². The molecule has 38 heavy (non-hydrogen) atoms. The molecule has 8 nitrogen and oxygen atoms in total. The predicted octanol–water partition coefficient (Wildman–Crippen LogP) is 4.79. The zero-order chi connectivity index (χ0) is 27.1. The predicted molar refractivity (Wildman–Crippen MR) is 142 cm³/mol. The Labute approximate surface area is 222 Å². The van der Waals surface area contributed by atoms with Gasteiger partial charge in [0.15, 0.2) is 11.5 Å². The topological polar surface area (TPSA) is 104 Å². The van der Waals surface area contributed by atoms with Crippen LogP contribution >= 0.6 is 0 Å². The fourth-order valence-corrected chi connectivity index (χ4v) is 5.00. The van der Waals surface area contributed by atoms with E-state index in [0.717, 1.165) is 23.1 Å². The molecule has 0 radical (unpaired) electrons. The molecule has 8 heteroatoms. The minimum atomic E-state index is -0.917. The van der Waals surface area contributed by atoms with Crippen LogP contribution in [0.2, 0.25) is 0 Å². The second-order valence-electron chi connectivity index (χ2n) is 9.09. The van der Waals surface area contributed by atoms with E-state index in [0.29, 0.717) is 35.2 Å². The van der Waals surface area contributed by atoms with E-state index in [2.05, 4.69) is 6.58 Å². The lowest BCUT2D eigenvalue weighted by molar-refractivity contribution is -0.142. The van der Waals surface area contributed by atoms with Gasteiger partial charge in [-0.3, -0.25) is 4.79 Å². The summed E-state index contributed by atoms with van der Waals surface area (Å²) in [4.78, 5) is 12.8. The van der Waals surface area contributed by atoms with Gasteiger partial charge in [-0.25, -0.2) is 0 Å². The smallest absolute Gasteiger partial charge is 0.308 e. The highest BCUT2D eigenvalue weighted by atomic mass is 16.7. The van der Waals surface area contributed by atoms with Crippen LogP contribution in [0, 0.1) is 5.92 Å². The fraction of sp³-hybridized carbons (Fsp3) is 0.367. The third-order valence-electron chi connectivity index (χ3n) is 6.70. The molecule has 0 bridgehead atoms. The van der Waals surface area contributed by atoms with Crippen LogP contribution in [0.3, 0.4) is 0 Å². The number of ether oxygens (including phenoxy) is 5. The first-order valence-corrected chi connectivity index (χ1v) is 12.7. The number of hydrogen-bond acceptors (Lipinski definition) is 7. The normalized spacial score (nSPS) is 20.0. The average molecular weight is 523 g/mol. The lowest BCUT2D eigenvalue weighted by atomic mass is 9.79. The Bertz CT molecular complexity index is 1210. The van der Waals surface area contributed by atoms with Crippen LogP contribution < -0.4 is 14.2 Å². The molecule has 0 saturated heterocycles. The van der Waals surface area contributed by atoms with E-state index >= 15 is 0 Å². The number of rotatable bonds is 13. The van der Waals surface area contributed by atoms with Crippen LogP contribution in [0.15, 0.2) is 72.5 Å². The third kappa shape index (κ3) is 5.87. The van der Waals surface area contributed by atoms with Gasteiger partial charge in [0.25, 0.3) is 0 Å². The van der Waals surface area contributed by atoms with Gasteiger partial charge in [0.05, 0.1) is 39.5 Å². The number of carboxylic acid groups (broad SMARTS) is 1. The summed E-state index contributed by atoms with van der Waals surface area (Å²) in [6.07, 6.45) is 6.13. The molecule has 2 aromatic carbocycles.